The minimum Gasteiger partial charge on any atom is -0.384 e. The summed E-state index contributed by atoms with van der Waals surface area (Å²) in [5, 5.41) is 2.92. The van der Waals surface area contributed by atoms with Gasteiger partial charge in [-0.3, -0.25) is 0 Å². The Bertz CT molecular complexity index is 336. The van der Waals surface area contributed by atoms with Crippen molar-refractivity contribution < 1.29 is 13.2 Å². The fourth-order valence-electron chi connectivity index (χ4n) is 1.80. The van der Waals surface area contributed by atoms with Crippen molar-refractivity contribution in [3.63, 3.8) is 0 Å². The minimum atomic E-state index is -4.10. The molecule has 4 heteroatoms. The summed E-state index contributed by atoms with van der Waals surface area (Å²) in [5.74, 6) is 0. The zero-order chi connectivity index (χ0) is 12.9. The first kappa shape index (κ1) is 13.9. The highest BCUT2D eigenvalue weighted by atomic mass is 19.4. The van der Waals surface area contributed by atoms with Gasteiger partial charge in [0.1, 0.15) is 0 Å². The fourth-order valence-corrected chi connectivity index (χ4v) is 1.80. The summed E-state index contributed by atoms with van der Waals surface area (Å²) in [7, 11) is 0. The second-order valence-corrected chi connectivity index (χ2v) is 3.95. The highest BCUT2D eigenvalue weighted by Gasteiger charge is 2.26. The molecule has 0 aliphatic carbocycles. The summed E-state index contributed by atoms with van der Waals surface area (Å²) in [5.41, 5.74) is 3.03. The number of halogens is 3. The van der Waals surface area contributed by atoms with Gasteiger partial charge in [0.15, 0.2) is 0 Å². The Morgan fingerprint density at radius 1 is 1.06 bits per heavy atom. The average Bonchev–Trinajstić information content (AvgIpc) is 2.27. The monoisotopic (exact) mass is 245 g/mol. The number of aryl methyl sites for hydroxylation is 2. The van der Waals surface area contributed by atoms with Crippen molar-refractivity contribution in [1.82, 2.24) is 0 Å². The van der Waals surface area contributed by atoms with Crippen LogP contribution in [0.2, 0.25) is 0 Å². The van der Waals surface area contributed by atoms with Gasteiger partial charge in [-0.25, -0.2) is 0 Å². The topological polar surface area (TPSA) is 12.0 Å². The van der Waals surface area contributed by atoms with Gasteiger partial charge in [-0.05, 0) is 24.0 Å². The normalized spacial score (nSPS) is 11.6. The molecule has 0 bridgehead atoms. The highest BCUT2D eigenvalue weighted by molar-refractivity contribution is 5.57. The van der Waals surface area contributed by atoms with Gasteiger partial charge in [0.25, 0.3) is 0 Å². The summed E-state index contributed by atoms with van der Waals surface area (Å²) < 4.78 is 36.2. The molecule has 0 atom stereocenters. The van der Waals surface area contributed by atoms with Gasteiger partial charge in [-0.15, -0.1) is 0 Å². The van der Waals surface area contributed by atoms with E-state index in [1.165, 1.54) is 0 Å². The molecule has 0 spiro atoms. The van der Waals surface area contributed by atoms with Crippen molar-refractivity contribution in [2.75, 3.05) is 11.9 Å². The molecule has 0 fully saturated rings. The van der Waals surface area contributed by atoms with E-state index in [-0.39, 0.29) is 6.54 Å². The maximum Gasteiger partial charge on any atom is 0.390 e. The molecule has 0 aliphatic heterocycles. The molecule has 0 aromatic heterocycles. The molecule has 1 nitrogen and oxygen atoms in total. The van der Waals surface area contributed by atoms with Crippen LogP contribution in [0.1, 0.15) is 31.4 Å². The van der Waals surface area contributed by atoms with E-state index in [1.807, 2.05) is 32.0 Å². The molecule has 0 radical (unpaired) electrons. The zero-order valence-electron chi connectivity index (χ0n) is 10.2. The summed E-state index contributed by atoms with van der Waals surface area (Å²) >= 11 is 0. The number of para-hydroxylation sites is 1. The summed E-state index contributed by atoms with van der Waals surface area (Å²) in [4.78, 5) is 0. The maximum absolute atomic E-state index is 12.1. The van der Waals surface area contributed by atoms with E-state index in [4.69, 9.17) is 0 Å². The van der Waals surface area contributed by atoms with Crippen LogP contribution in [0.4, 0.5) is 18.9 Å². The van der Waals surface area contributed by atoms with Gasteiger partial charge in [-0.2, -0.15) is 13.2 Å². The van der Waals surface area contributed by atoms with Crippen LogP contribution in [0.25, 0.3) is 0 Å². The molecule has 1 aromatic rings. The van der Waals surface area contributed by atoms with Crippen molar-refractivity contribution in [3.8, 4) is 0 Å². The summed E-state index contributed by atoms with van der Waals surface area (Å²) in [6.07, 6.45) is -3.25. The fraction of sp³-hybridized carbons (Fsp3) is 0.538. The van der Waals surface area contributed by atoms with Crippen LogP contribution in [0.5, 0.6) is 0 Å². The molecule has 1 N–H and O–H groups in total. The van der Waals surface area contributed by atoms with Crippen LogP contribution in [0, 0.1) is 0 Å². The Morgan fingerprint density at radius 2 is 1.59 bits per heavy atom. The van der Waals surface area contributed by atoms with Gasteiger partial charge in [0, 0.05) is 12.2 Å². The average molecular weight is 245 g/mol. The SMILES string of the molecule is CCc1cccc(CC)c1NCCC(F)(F)F. The van der Waals surface area contributed by atoms with Crippen LogP contribution >= 0.6 is 0 Å². The van der Waals surface area contributed by atoms with Crippen LogP contribution in [-0.4, -0.2) is 12.7 Å². The lowest BCUT2D eigenvalue weighted by atomic mass is 10.0. The van der Waals surface area contributed by atoms with E-state index in [2.05, 4.69) is 5.32 Å². The minimum absolute atomic E-state index is 0.0620. The number of anilines is 1. The van der Waals surface area contributed by atoms with Crippen LogP contribution in [-0.2, 0) is 12.8 Å². The lowest BCUT2D eigenvalue weighted by molar-refractivity contribution is -0.131. The molecule has 1 rings (SSSR count). The number of nitrogens with one attached hydrogen (secondary N) is 1. The van der Waals surface area contributed by atoms with Gasteiger partial charge < -0.3 is 5.32 Å². The van der Waals surface area contributed by atoms with Crippen molar-refractivity contribution in [2.45, 2.75) is 39.3 Å². The third-order valence-electron chi connectivity index (χ3n) is 2.71. The number of rotatable bonds is 5. The molecule has 0 aliphatic rings. The van der Waals surface area contributed by atoms with E-state index in [9.17, 15) is 13.2 Å². The number of hydrogen-bond donors (Lipinski definition) is 1. The molecule has 1 aromatic carbocycles. The molecule has 0 saturated heterocycles. The Labute approximate surface area is 100 Å². The van der Waals surface area contributed by atoms with Gasteiger partial charge in [0.05, 0.1) is 6.42 Å². The number of hydrogen-bond acceptors (Lipinski definition) is 1. The quantitative estimate of drug-likeness (QED) is 0.820. The standard InChI is InChI=1S/C13H18F3N/c1-3-10-6-5-7-11(4-2)12(10)17-9-8-13(14,15)16/h5-7,17H,3-4,8-9H2,1-2H3. The van der Waals surface area contributed by atoms with Crippen molar-refractivity contribution in [3.05, 3.63) is 29.3 Å². The van der Waals surface area contributed by atoms with E-state index in [0.717, 1.165) is 29.7 Å². The largest absolute Gasteiger partial charge is 0.390 e. The molecule has 17 heavy (non-hydrogen) atoms. The highest BCUT2D eigenvalue weighted by Crippen LogP contribution is 2.24. The van der Waals surface area contributed by atoms with E-state index in [0.29, 0.717) is 0 Å². The molecular formula is C13H18F3N. The van der Waals surface area contributed by atoms with Gasteiger partial charge in [0.2, 0.25) is 0 Å². The van der Waals surface area contributed by atoms with Crippen LogP contribution in [0.15, 0.2) is 18.2 Å². The smallest absolute Gasteiger partial charge is 0.384 e. The van der Waals surface area contributed by atoms with Crippen LogP contribution < -0.4 is 5.32 Å². The third kappa shape index (κ3) is 4.29. The molecule has 0 unspecified atom stereocenters. The van der Waals surface area contributed by atoms with E-state index in [1.54, 1.807) is 0 Å². The molecular weight excluding hydrogens is 227 g/mol. The van der Waals surface area contributed by atoms with E-state index >= 15 is 0 Å². The Balaban J connectivity index is 2.74. The van der Waals surface area contributed by atoms with Crippen molar-refractivity contribution in [1.29, 1.82) is 0 Å². The molecule has 96 valence electrons. The Hall–Kier alpha value is -1.19. The second-order valence-electron chi connectivity index (χ2n) is 3.95. The predicted octanol–water partition coefficient (Wildman–Crippen LogP) is 4.18. The Morgan fingerprint density at radius 3 is 2.00 bits per heavy atom. The third-order valence-corrected chi connectivity index (χ3v) is 2.71. The second kappa shape index (κ2) is 5.94. The first-order valence-corrected chi connectivity index (χ1v) is 5.89. The van der Waals surface area contributed by atoms with Crippen molar-refractivity contribution in [2.24, 2.45) is 0 Å². The molecule has 0 amide bonds. The Kier molecular flexibility index (Phi) is 4.85. The predicted molar refractivity (Wildman–Crippen MR) is 64.4 cm³/mol. The summed E-state index contributed by atoms with van der Waals surface area (Å²) in [6, 6.07) is 5.86. The summed E-state index contributed by atoms with van der Waals surface area (Å²) in [6.45, 7) is 3.95. The lowest BCUT2D eigenvalue weighted by Crippen LogP contribution is -2.16. The molecule has 0 heterocycles. The van der Waals surface area contributed by atoms with Gasteiger partial charge in [-0.1, -0.05) is 32.0 Å². The van der Waals surface area contributed by atoms with Gasteiger partial charge >= 0.3 is 6.18 Å². The molecule has 0 saturated carbocycles. The van der Waals surface area contributed by atoms with E-state index < -0.39 is 12.6 Å². The first-order valence-electron chi connectivity index (χ1n) is 5.89. The number of benzene rings is 1. The lowest BCUT2D eigenvalue weighted by Gasteiger charge is -2.16. The van der Waals surface area contributed by atoms with Crippen molar-refractivity contribution >= 4 is 5.69 Å². The zero-order valence-corrected chi connectivity index (χ0v) is 10.2. The maximum atomic E-state index is 12.1. The van der Waals surface area contributed by atoms with Crippen LogP contribution in [0.3, 0.4) is 0 Å². The number of alkyl halides is 3. The first-order chi connectivity index (χ1) is 7.98.